The number of hydrogen-bond donors (Lipinski definition) is 2. The van der Waals surface area contributed by atoms with Gasteiger partial charge in [-0.05, 0) is 11.9 Å². The molecule has 0 fully saturated rings. The Bertz CT molecular complexity index is 89.7. The monoisotopic (exact) mass is 83.0 g/mol. The minimum atomic E-state index is 0.849. The molecular formula is C4H5NO. The van der Waals surface area contributed by atoms with Crippen LogP contribution in [0.1, 0.15) is 0 Å². The van der Waals surface area contributed by atoms with E-state index in [9.17, 15) is 0 Å². The molecule has 0 saturated heterocycles. The van der Waals surface area contributed by atoms with Crippen LogP contribution in [0.5, 0.6) is 0 Å². The predicted octanol–water partition coefficient (Wildman–Crippen LogP) is 0.863. The van der Waals surface area contributed by atoms with Crippen molar-refractivity contribution in [1.29, 1.82) is 5.41 Å². The Morgan fingerprint density at radius 2 is 2.33 bits per heavy atom. The Kier molecular flexibility index (Phi) is 3.32. The molecule has 0 aromatic rings. The first kappa shape index (κ1) is 4.99. The summed E-state index contributed by atoms with van der Waals surface area (Å²) in [5, 5.41) is 14.1. The third kappa shape index (κ3) is 2.99. The Morgan fingerprint density at radius 1 is 1.67 bits per heavy atom. The van der Waals surface area contributed by atoms with Gasteiger partial charge in [0.2, 0.25) is 0 Å². The normalized spacial score (nSPS) is 8.00. The number of hydrogen-bond acceptors (Lipinski definition) is 2. The SMILES string of the molecule is N=C=CC=CO. The molecule has 32 valence electrons. The van der Waals surface area contributed by atoms with Gasteiger partial charge in [0, 0.05) is 6.08 Å². The molecule has 0 aliphatic heterocycles. The minimum absolute atomic E-state index is 0.849. The van der Waals surface area contributed by atoms with Crippen molar-refractivity contribution in [2.75, 3.05) is 0 Å². The predicted molar refractivity (Wildman–Crippen MR) is 24.1 cm³/mol. The molecule has 0 amide bonds. The summed E-state index contributed by atoms with van der Waals surface area (Å²) >= 11 is 0. The van der Waals surface area contributed by atoms with Crippen LogP contribution < -0.4 is 0 Å². The number of allylic oxidation sites excluding steroid dienone is 2. The van der Waals surface area contributed by atoms with Crippen molar-refractivity contribution in [3.05, 3.63) is 18.4 Å². The summed E-state index contributed by atoms with van der Waals surface area (Å²) < 4.78 is 0. The van der Waals surface area contributed by atoms with Crippen molar-refractivity contribution < 1.29 is 5.11 Å². The zero-order valence-electron chi connectivity index (χ0n) is 3.18. The van der Waals surface area contributed by atoms with Crippen LogP contribution in [-0.2, 0) is 0 Å². The van der Waals surface area contributed by atoms with Crippen LogP contribution in [0.2, 0.25) is 0 Å². The van der Waals surface area contributed by atoms with Crippen LogP contribution in [0.3, 0.4) is 0 Å². The first-order chi connectivity index (χ1) is 2.91. The van der Waals surface area contributed by atoms with Crippen LogP contribution in [0.4, 0.5) is 0 Å². The topological polar surface area (TPSA) is 44.1 Å². The molecule has 0 heterocycles. The molecule has 2 nitrogen and oxygen atoms in total. The summed E-state index contributed by atoms with van der Waals surface area (Å²) in [6.45, 7) is 0. The second kappa shape index (κ2) is 3.99. The largest absolute Gasteiger partial charge is 0.516 e. The Labute approximate surface area is 35.9 Å². The molecule has 0 aromatic heterocycles. The van der Waals surface area contributed by atoms with Gasteiger partial charge >= 0.3 is 0 Å². The molecule has 0 bridgehead atoms. The maximum atomic E-state index is 7.86. The lowest BCUT2D eigenvalue weighted by Crippen LogP contribution is -1.46. The lowest BCUT2D eigenvalue weighted by atomic mass is 10.6. The van der Waals surface area contributed by atoms with Crippen LogP contribution in [0.15, 0.2) is 18.4 Å². The van der Waals surface area contributed by atoms with E-state index in [0.29, 0.717) is 0 Å². The summed E-state index contributed by atoms with van der Waals surface area (Å²) in [6.07, 6.45) is 3.45. The maximum Gasteiger partial charge on any atom is 0.0798 e. The van der Waals surface area contributed by atoms with Crippen LogP contribution >= 0.6 is 0 Å². The Balaban J connectivity index is 3.33. The molecule has 0 aliphatic carbocycles. The molecule has 6 heavy (non-hydrogen) atoms. The van der Waals surface area contributed by atoms with Gasteiger partial charge in [-0.25, -0.2) is 0 Å². The van der Waals surface area contributed by atoms with Crippen LogP contribution in [0.25, 0.3) is 0 Å². The van der Waals surface area contributed by atoms with Crippen molar-refractivity contribution in [2.45, 2.75) is 0 Å². The second-order valence-electron chi connectivity index (χ2n) is 0.653. The lowest BCUT2D eigenvalue weighted by molar-refractivity contribution is 0.474. The van der Waals surface area contributed by atoms with E-state index in [1.54, 1.807) is 0 Å². The van der Waals surface area contributed by atoms with Gasteiger partial charge in [0.05, 0.1) is 6.26 Å². The first-order valence-electron chi connectivity index (χ1n) is 1.46. The molecule has 0 radical (unpaired) electrons. The summed E-state index contributed by atoms with van der Waals surface area (Å²) in [5.41, 5.74) is 0. The summed E-state index contributed by atoms with van der Waals surface area (Å²) in [7, 11) is 0. The molecule has 0 atom stereocenters. The Morgan fingerprint density at radius 3 is 2.50 bits per heavy atom. The Hall–Kier alpha value is -1.01. The highest BCUT2D eigenvalue weighted by Crippen LogP contribution is 1.60. The highest BCUT2D eigenvalue weighted by molar-refractivity contribution is 5.50. The van der Waals surface area contributed by atoms with Crippen molar-refractivity contribution in [1.82, 2.24) is 0 Å². The van der Waals surface area contributed by atoms with Gasteiger partial charge in [0.1, 0.15) is 0 Å². The van der Waals surface area contributed by atoms with Gasteiger partial charge < -0.3 is 5.11 Å². The van der Waals surface area contributed by atoms with E-state index in [0.717, 1.165) is 6.26 Å². The van der Waals surface area contributed by atoms with E-state index in [1.165, 1.54) is 12.2 Å². The van der Waals surface area contributed by atoms with Gasteiger partial charge in [0.15, 0.2) is 0 Å². The molecule has 0 aliphatic rings. The standard InChI is InChI=1S/C4H5NO/c5-3-1-2-4-6/h1-2,4-6H. The molecule has 0 aromatic carbocycles. The first-order valence-corrected chi connectivity index (χ1v) is 1.46. The fourth-order valence-corrected chi connectivity index (χ4v) is 0.0911. The fourth-order valence-electron chi connectivity index (χ4n) is 0.0911. The molecule has 0 unspecified atom stereocenters. The zero-order chi connectivity index (χ0) is 4.83. The van der Waals surface area contributed by atoms with Crippen molar-refractivity contribution in [2.24, 2.45) is 0 Å². The second-order valence-corrected chi connectivity index (χ2v) is 0.653. The van der Waals surface area contributed by atoms with E-state index in [4.69, 9.17) is 10.5 Å². The zero-order valence-corrected chi connectivity index (χ0v) is 3.18. The quantitative estimate of drug-likeness (QED) is 0.275. The number of aliphatic hydroxyl groups is 1. The maximum absolute atomic E-state index is 7.86. The van der Waals surface area contributed by atoms with Crippen molar-refractivity contribution >= 4 is 5.87 Å². The van der Waals surface area contributed by atoms with E-state index in [1.807, 2.05) is 5.87 Å². The van der Waals surface area contributed by atoms with Gasteiger partial charge in [-0.1, -0.05) is 0 Å². The average molecular weight is 83.1 g/mol. The summed E-state index contributed by atoms with van der Waals surface area (Å²) in [4.78, 5) is 0. The average Bonchev–Trinajstić information content (AvgIpc) is 1.61. The van der Waals surface area contributed by atoms with E-state index >= 15 is 0 Å². The fraction of sp³-hybridized carbons (Fsp3) is 0. The van der Waals surface area contributed by atoms with Gasteiger partial charge in [0.25, 0.3) is 0 Å². The van der Waals surface area contributed by atoms with Gasteiger partial charge in [-0.2, -0.15) is 0 Å². The van der Waals surface area contributed by atoms with Crippen molar-refractivity contribution in [3.8, 4) is 0 Å². The van der Waals surface area contributed by atoms with E-state index in [-0.39, 0.29) is 0 Å². The molecule has 0 spiro atoms. The van der Waals surface area contributed by atoms with E-state index in [2.05, 4.69) is 0 Å². The number of aliphatic hydroxyl groups excluding tert-OH is 1. The molecule has 2 N–H and O–H groups in total. The number of rotatable bonds is 1. The molecule has 0 saturated carbocycles. The third-order valence-corrected chi connectivity index (χ3v) is 0.266. The summed E-state index contributed by atoms with van der Waals surface area (Å²) in [6, 6.07) is 0. The van der Waals surface area contributed by atoms with Crippen molar-refractivity contribution in [3.63, 3.8) is 0 Å². The summed E-state index contributed by atoms with van der Waals surface area (Å²) in [5.74, 6) is 1.95. The third-order valence-electron chi connectivity index (χ3n) is 0.266. The van der Waals surface area contributed by atoms with Crippen LogP contribution in [0, 0.1) is 5.41 Å². The molecule has 2 heteroatoms. The molecular weight excluding hydrogens is 78.0 g/mol. The van der Waals surface area contributed by atoms with Gasteiger partial charge in [-0.3, -0.25) is 5.41 Å². The molecule has 0 rings (SSSR count). The lowest BCUT2D eigenvalue weighted by Gasteiger charge is -1.58. The highest BCUT2D eigenvalue weighted by Gasteiger charge is 1.48. The van der Waals surface area contributed by atoms with Crippen LogP contribution in [-0.4, -0.2) is 11.0 Å². The smallest absolute Gasteiger partial charge is 0.0798 e. The van der Waals surface area contributed by atoms with Gasteiger partial charge in [-0.15, -0.1) is 0 Å². The van der Waals surface area contributed by atoms with E-state index < -0.39 is 0 Å². The minimum Gasteiger partial charge on any atom is -0.516 e. The highest BCUT2D eigenvalue weighted by atomic mass is 16.2. The number of nitrogens with one attached hydrogen (secondary N) is 1.